The van der Waals surface area contributed by atoms with Crippen molar-refractivity contribution < 1.29 is 20.1 Å². The molecule has 2 aromatic heterocycles. The minimum atomic E-state index is -1.23. The van der Waals surface area contributed by atoms with E-state index in [4.69, 9.17) is 10.5 Å². The third-order valence-electron chi connectivity index (χ3n) is 5.59. The predicted octanol–water partition coefficient (Wildman–Crippen LogP) is 0.342. The fraction of sp³-hybridized carbons (Fsp3) is 0.632. The monoisotopic (exact) mass is 387 g/mol. The summed E-state index contributed by atoms with van der Waals surface area (Å²) < 4.78 is 7.05. The van der Waals surface area contributed by atoms with Gasteiger partial charge in [0.1, 0.15) is 23.8 Å². The molecule has 0 spiro atoms. The van der Waals surface area contributed by atoms with Gasteiger partial charge >= 0.3 is 0 Å². The summed E-state index contributed by atoms with van der Waals surface area (Å²) in [6.07, 6.45) is 4.27. The van der Waals surface area contributed by atoms with Crippen molar-refractivity contribution in [2.75, 3.05) is 12.3 Å². The summed E-state index contributed by atoms with van der Waals surface area (Å²) in [5.74, 6) is 7.33. The summed E-state index contributed by atoms with van der Waals surface area (Å²) in [5.41, 5.74) is 6.73. The summed E-state index contributed by atoms with van der Waals surface area (Å²) in [6.45, 7) is -0.407. The molecule has 4 atom stereocenters. The largest absolute Gasteiger partial charge is 0.394 e. The van der Waals surface area contributed by atoms with E-state index in [1.165, 1.54) is 36.6 Å². The van der Waals surface area contributed by atoms with Crippen molar-refractivity contribution in [2.24, 2.45) is 5.92 Å². The molecule has 0 unspecified atom stereocenters. The van der Waals surface area contributed by atoms with Crippen molar-refractivity contribution in [3.63, 3.8) is 0 Å². The fourth-order valence-corrected chi connectivity index (χ4v) is 4.01. The van der Waals surface area contributed by atoms with E-state index in [0.717, 1.165) is 18.8 Å². The Morgan fingerprint density at radius 3 is 2.71 bits per heavy atom. The maximum absolute atomic E-state index is 10.3. The number of ether oxygens (including phenoxy) is 1. The second kappa shape index (κ2) is 8.01. The Morgan fingerprint density at radius 2 is 2.00 bits per heavy atom. The molecule has 0 aromatic carbocycles. The number of anilines is 1. The van der Waals surface area contributed by atoms with Crippen molar-refractivity contribution in [3.8, 4) is 11.8 Å². The van der Waals surface area contributed by atoms with E-state index in [-0.39, 0.29) is 11.6 Å². The average molecular weight is 387 g/mol. The standard InChI is InChI=1S/C19H25N5O4/c20-17-14-18(23-13(22-17)8-4-3-7-11-5-1-2-6-11)24(10-21-14)19-16(27)15(26)12(9-25)28-19/h10-12,15-16,19,25-27H,1-3,5-7,9H2,(H2,20,22,23)/t12-,15-,16-,19-/m1/s1. The number of aliphatic hydroxyl groups excluding tert-OH is 3. The molecule has 28 heavy (non-hydrogen) atoms. The molecule has 2 aliphatic rings. The molecule has 2 aromatic rings. The topological polar surface area (TPSA) is 140 Å². The van der Waals surface area contributed by atoms with E-state index in [2.05, 4.69) is 26.8 Å². The molecule has 150 valence electrons. The molecule has 1 saturated carbocycles. The Morgan fingerprint density at radius 1 is 1.21 bits per heavy atom. The molecule has 0 bridgehead atoms. The maximum atomic E-state index is 10.3. The second-order valence-electron chi connectivity index (χ2n) is 7.48. The number of hydrogen-bond acceptors (Lipinski definition) is 8. The number of imidazole rings is 1. The van der Waals surface area contributed by atoms with Crippen LogP contribution in [0, 0.1) is 17.8 Å². The third kappa shape index (κ3) is 3.56. The summed E-state index contributed by atoms with van der Waals surface area (Å²) in [5, 5.41) is 29.5. The molecule has 9 nitrogen and oxygen atoms in total. The van der Waals surface area contributed by atoms with Crippen molar-refractivity contribution in [1.29, 1.82) is 0 Å². The molecule has 3 heterocycles. The highest BCUT2D eigenvalue weighted by molar-refractivity contribution is 5.82. The minimum Gasteiger partial charge on any atom is -0.394 e. The minimum absolute atomic E-state index is 0.190. The lowest BCUT2D eigenvalue weighted by atomic mass is 10.0. The zero-order valence-electron chi connectivity index (χ0n) is 15.5. The van der Waals surface area contributed by atoms with E-state index in [1.54, 1.807) is 0 Å². The molecule has 0 amide bonds. The van der Waals surface area contributed by atoms with Crippen LogP contribution < -0.4 is 5.73 Å². The van der Waals surface area contributed by atoms with Gasteiger partial charge in [-0.25, -0.2) is 15.0 Å². The first kappa shape index (κ1) is 19.1. The first-order valence-corrected chi connectivity index (χ1v) is 9.70. The van der Waals surface area contributed by atoms with Gasteiger partial charge in [0.2, 0.25) is 5.82 Å². The predicted molar refractivity (Wildman–Crippen MR) is 101 cm³/mol. The number of aromatic nitrogens is 4. The lowest BCUT2D eigenvalue weighted by Gasteiger charge is -2.16. The second-order valence-corrected chi connectivity index (χ2v) is 7.48. The first-order valence-electron chi connectivity index (χ1n) is 9.70. The Bertz CT molecular complexity index is 899. The van der Waals surface area contributed by atoms with Crippen LogP contribution in [0.25, 0.3) is 11.2 Å². The van der Waals surface area contributed by atoms with Gasteiger partial charge in [-0.05, 0) is 18.3 Å². The Kier molecular flexibility index (Phi) is 5.46. The van der Waals surface area contributed by atoms with Crippen LogP contribution in [0.1, 0.15) is 50.6 Å². The highest BCUT2D eigenvalue weighted by Gasteiger charge is 2.44. The molecule has 1 aliphatic heterocycles. The van der Waals surface area contributed by atoms with Crippen LogP contribution in [-0.4, -0.2) is 59.8 Å². The van der Waals surface area contributed by atoms with E-state index < -0.39 is 31.1 Å². The van der Waals surface area contributed by atoms with Crippen LogP contribution in [0.3, 0.4) is 0 Å². The highest BCUT2D eigenvalue weighted by Crippen LogP contribution is 2.32. The molecule has 1 saturated heterocycles. The third-order valence-corrected chi connectivity index (χ3v) is 5.59. The summed E-state index contributed by atoms with van der Waals surface area (Å²) >= 11 is 0. The number of fused-ring (bicyclic) bond motifs is 1. The summed E-state index contributed by atoms with van der Waals surface area (Å²) in [6, 6.07) is 0. The molecule has 1 aliphatic carbocycles. The molecule has 5 N–H and O–H groups in total. The van der Waals surface area contributed by atoms with Crippen molar-refractivity contribution in [2.45, 2.75) is 63.1 Å². The number of aliphatic hydroxyl groups is 3. The quantitative estimate of drug-likeness (QED) is 0.551. The van der Waals surface area contributed by atoms with Gasteiger partial charge in [0.05, 0.1) is 12.9 Å². The number of hydrogen-bond donors (Lipinski definition) is 4. The van der Waals surface area contributed by atoms with E-state index in [9.17, 15) is 15.3 Å². The van der Waals surface area contributed by atoms with E-state index >= 15 is 0 Å². The van der Waals surface area contributed by atoms with Gasteiger partial charge in [-0.1, -0.05) is 31.6 Å². The molecule has 9 heteroatoms. The highest BCUT2D eigenvalue weighted by atomic mass is 16.6. The van der Waals surface area contributed by atoms with Crippen molar-refractivity contribution in [3.05, 3.63) is 12.2 Å². The molecular weight excluding hydrogens is 362 g/mol. The van der Waals surface area contributed by atoms with Gasteiger partial charge in [0.15, 0.2) is 17.7 Å². The Balaban J connectivity index is 1.57. The van der Waals surface area contributed by atoms with Crippen LogP contribution in [0.2, 0.25) is 0 Å². The van der Waals surface area contributed by atoms with Gasteiger partial charge < -0.3 is 25.8 Å². The zero-order chi connectivity index (χ0) is 19.7. The number of nitrogens with zero attached hydrogens (tertiary/aromatic N) is 4. The SMILES string of the molecule is Nc1nc(C#CCCC2CCCC2)nc2c1ncn2[C@@H]1O[C@H](CO)[C@@H](O)[C@H]1O. The van der Waals surface area contributed by atoms with Crippen molar-refractivity contribution >= 4 is 17.0 Å². The van der Waals surface area contributed by atoms with Crippen LogP contribution >= 0.6 is 0 Å². The lowest BCUT2D eigenvalue weighted by molar-refractivity contribution is -0.0511. The van der Waals surface area contributed by atoms with Crippen LogP contribution in [0.15, 0.2) is 6.33 Å². The number of rotatable bonds is 4. The van der Waals surface area contributed by atoms with E-state index in [0.29, 0.717) is 11.2 Å². The molecule has 0 radical (unpaired) electrons. The Labute approximate surface area is 162 Å². The van der Waals surface area contributed by atoms with Gasteiger partial charge in [-0.2, -0.15) is 0 Å². The lowest BCUT2D eigenvalue weighted by Crippen LogP contribution is -2.33. The van der Waals surface area contributed by atoms with Gasteiger partial charge in [0, 0.05) is 6.42 Å². The van der Waals surface area contributed by atoms with Gasteiger partial charge in [-0.3, -0.25) is 4.57 Å². The van der Waals surface area contributed by atoms with E-state index in [1.807, 2.05) is 0 Å². The maximum Gasteiger partial charge on any atom is 0.208 e. The van der Waals surface area contributed by atoms with Crippen LogP contribution in [0.4, 0.5) is 5.82 Å². The number of nitrogens with two attached hydrogens (primary N) is 1. The van der Waals surface area contributed by atoms with Gasteiger partial charge in [-0.15, -0.1) is 0 Å². The number of nitrogen functional groups attached to an aromatic ring is 1. The zero-order valence-corrected chi connectivity index (χ0v) is 15.5. The summed E-state index contributed by atoms with van der Waals surface area (Å²) in [7, 11) is 0. The molecule has 4 rings (SSSR count). The molecular formula is C19H25N5O4. The van der Waals surface area contributed by atoms with Gasteiger partial charge in [0.25, 0.3) is 0 Å². The van der Waals surface area contributed by atoms with Crippen molar-refractivity contribution in [1.82, 2.24) is 19.5 Å². The first-order chi connectivity index (χ1) is 13.6. The Hall–Kier alpha value is -2.25. The fourth-order valence-electron chi connectivity index (χ4n) is 4.01. The van der Waals surface area contributed by atoms with Crippen LogP contribution in [-0.2, 0) is 4.74 Å². The average Bonchev–Trinajstić information content (AvgIpc) is 3.40. The smallest absolute Gasteiger partial charge is 0.208 e. The molecule has 2 fully saturated rings. The van der Waals surface area contributed by atoms with Crippen LogP contribution in [0.5, 0.6) is 0 Å². The summed E-state index contributed by atoms with van der Waals surface area (Å²) in [4.78, 5) is 12.8. The normalized spacial score (nSPS) is 28.0.